The van der Waals surface area contributed by atoms with Crippen molar-refractivity contribution >= 4 is 39.6 Å². The van der Waals surface area contributed by atoms with Gasteiger partial charge >= 0.3 is 0 Å². The molecule has 0 radical (unpaired) electrons. The van der Waals surface area contributed by atoms with E-state index in [2.05, 4.69) is 34.4 Å². The van der Waals surface area contributed by atoms with Crippen LogP contribution in [0.2, 0.25) is 0 Å². The zero-order chi connectivity index (χ0) is 19.9. The first-order valence-electron chi connectivity index (χ1n) is 9.42. The molecule has 0 bridgehead atoms. The average molecular weight is 423 g/mol. The highest BCUT2D eigenvalue weighted by Crippen LogP contribution is 2.19. The molecule has 3 heterocycles. The molecule has 1 aliphatic rings. The lowest BCUT2D eigenvalue weighted by Gasteiger charge is -2.34. The molecule has 2 aromatic heterocycles. The minimum atomic E-state index is -0.0991. The molecule has 2 aromatic rings. The lowest BCUT2D eigenvalue weighted by Crippen LogP contribution is -2.44. The predicted octanol–water partition coefficient (Wildman–Crippen LogP) is 2.96. The summed E-state index contributed by atoms with van der Waals surface area (Å²) >= 11 is 2.93. The molecule has 3 rings (SSSR count). The highest BCUT2D eigenvalue weighted by molar-refractivity contribution is 7.13. The molecule has 2 unspecified atom stereocenters. The van der Waals surface area contributed by atoms with Crippen LogP contribution in [-0.4, -0.2) is 53.5 Å². The SMILES string of the molecule is CC1CN(Cc2csc(NC(=O)CCCNC(=O)c3ccsc3)n2)CC(C)O1. The fraction of sp³-hybridized carbons (Fsp3) is 0.526. The normalized spacial score (nSPS) is 20.1. The zero-order valence-corrected chi connectivity index (χ0v) is 17.8. The van der Waals surface area contributed by atoms with Gasteiger partial charge in [-0.1, -0.05) is 0 Å². The largest absolute Gasteiger partial charge is 0.373 e. The Labute approximate surface area is 173 Å². The fourth-order valence-electron chi connectivity index (χ4n) is 3.21. The summed E-state index contributed by atoms with van der Waals surface area (Å²) in [7, 11) is 0. The predicted molar refractivity (Wildman–Crippen MR) is 112 cm³/mol. The Balaban J connectivity index is 1.36. The van der Waals surface area contributed by atoms with E-state index in [0.29, 0.717) is 30.1 Å². The number of aromatic nitrogens is 1. The summed E-state index contributed by atoms with van der Waals surface area (Å²) in [5.41, 5.74) is 1.62. The smallest absolute Gasteiger partial charge is 0.252 e. The van der Waals surface area contributed by atoms with Gasteiger partial charge in [0.2, 0.25) is 5.91 Å². The van der Waals surface area contributed by atoms with Crippen LogP contribution in [-0.2, 0) is 16.1 Å². The highest BCUT2D eigenvalue weighted by atomic mass is 32.1. The molecule has 1 saturated heterocycles. The van der Waals surface area contributed by atoms with E-state index in [4.69, 9.17) is 4.74 Å². The molecule has 1 aliphatic heterocycles. The molecule has 0 spiro atoms. The van der Waals surface area contributed by atoms with Gasteiger partial charge in [0.1, 0.15) is 0 Å². The van der Waals surface area contributed by atoms with Crippen LogP contribution in [0, 0.1) is 0 Å². The van der Waals surface area contributed by atoms with Gasteiger partial charge in [-0.25, -0.2) is 4.98 Å². The summed E-state index contributed by atoms with van der Waals surface area (Å²) in [5.74, 6) is -0.183. The number of nitrogens with one attached hydrogen (secondary N) is 2. The Morgan fingerprint density at radius 3 is 2.79 bits per heavy atom. The number of anilines is 1. The average Bonchev–Trinajstić information content (AvgIpc) is 3.30. The van der Waals surface area contributed by atoms with E-state index < -0.39 is 0 Å². The monoisotopic (exact) mass is 422 g/mol. The molecule has 0 aliphatic carbocycles. The van der Waals surface area contributed by atoms with Crippen molar-refractivity contribution in [2.45, 2.75) is 45.4 Å². The molecular weight excluding hydrogens is 396 g/mol. The summed E-state index contributed by atoms with van der Waals surface area (Å²) in [6.07, 6.45) is 1.38. The number of hydrogen-bond acceptors (Lipinski definition) is 7. The van der Waals surface area contributed by atoms with Crippen molar-refractivity contribution in [1.29, 1.82) is 0 Å². The van der Waals surface area contributed by atoms with Gasteiger partial charge in [0, 0.05) is 48.9 Å². The van der Waals surface area contributed by atoms with Crippen LogP contribution >= 0.6 is 22.7 Å². The van der Waals surface area contributed by atoms with Crippen LogP contribution in [0.5, 0.6) is 0 Å². The van der Waals surface area contributed by atoms with Gasteiger partial charge in [0.05, 0.1) is 17.9 Å². The third-order valence-corrected chi connectivity index (χ3v) is 5.82. The molecule has 2 amide bonds. The third kappa shape index (κ3) is 6.37. The van der Waals surface area contributed by atoms with Crippen molar-refractivity contribution in [2.24, 2.45) is 0 Å². The number of thiophene rings is 1. The Kier molecular flexibility index (Phi) is 7.55. The number of carbonyl (C=O) groups is 2. The summed E-state index contributed by atoms with van der Waals surface area (Å²) in [5, 5.41) is 11.9. The molecule has 152 valence electrons. The van der Waals surface area contributed by atoms with E-state index in [9.17, 15) is 9.59 Å². The Morgan fingerprint density at radius 1 is 1.29 bits per heavy atom. The minimum Gasteiger partial charge on any atom is -0.373 e. The summed E-state index contributed by atoms with van der Waals surface area (Å²) in [6.45, 7) is 7.18. The quantitative estimate of drug-likeness (QED) is 0.639. The maximum absolute atomic E-state index is 12.1. The van der Waals surface area contributed by atoms with Gasteiger partial charge in [-0.15, -0.1) is 11.3 Å². The molecule has 9 heteroatoms. The van der Waals surface area contributed by atoms with Gasteiger partial charge in [-0.05, 0) is 31.7 Å². The second kappa shape index (κ2) is 10.1. The van der Waals surface area contributed by atoms with Gasteiger partial charge in [-0.2, -0.15) is 11.3 Å². The molecule has 0 aromatic carbocycles. The van der Waals surface area contributed by atoms with Gasteiger partial charge < -0.3 is 15.4 Å². The maximum atomic E-state index is 12.1. The molecule has 1 fully saturated rings. The van der Waals surface area contributed by atoms with E-state index in [1.54, 1.807) is 11.4 Å². The molecule has 0 saturated carbocycles. The van der Waals surface area contributed by atoms with Crippen molar-refractivity contribution in [3.05, 3.63) is 33.5 Å². The van der Waals surface area contributed by atoms with Crippen LogP contribution in [0.4, 0.5) is 5.13 Å². The maximum Gasteiger partial charge on any atom is 0.252 e. The first kappa shape index (κ1) is 20.9. The Bertz CT molecular complexity index is 768. The standard InChI is InChI=1S/C19H26N4O3S2/c1-13-8-23(9-14(2)26-13)10-16-12-28-19(21-16)22-17(24)4-3-6-20-18(25)15-5-7-27-11-15/h5,7,11-14H,3-4,6,8-10H2,1-2H3,(H,20,25)(H,21,22,24). The van der Waals surface area contributed by atoms with Crippen LogP contribution in [0.15, 0.2) is 22.2 Å². The third-order valence-electron chi connectivity index (χ3n) is 4.33. The Morgan fingerprint density at radius 2 is 2.07 bits per heavy atom. The fourth-order valence-corrected chi connectivity index (χ4v) is 4.56. The van der Waals surface area contributed by atoms with E-state index in [-0.39, 0.29) is 24.0 Å². The lowest BCUT2D eigenvalue weighted by molar-refractivity contribution is -0.116. The number of morpholine rings is 1. The second-order valence-corrected chi connectivity index (χ2v) is 8.65. The first-order chi connectivity index (χ1) is 13.5. The van der Waals surface area contributed by atoms with Gasteiger partial charge in [-0.3, -0.25) is 14.5 Å². The number of nitrogens with zero attached hydrogens (tertiary/aromatic N) is 2. The molecular formula is C19H26N4O3S2. The molecule has 28 heavy (non-hydrogen) atoms. The van der Waals surface area contributed by atoms with Gasteiger partial charge in [0.15, 0.2) is 5.13 Å². The summed E-state index contributed by atoms with van der Waals surface area (Å²) in [6, 6.07) is 1.78. The summed E-state index contributed by atoms with van der Waals surface area (Å²) in [4.78, 5) is 30.8. The van der Waals surface area contributed by atoms with E-state index in [1.165, 1.54) is 22.7 Å². The van der Waals surface area contributed by atoms with E-state index in [1.807, 2.05) is 10.8 Å². The van der Waals surface area contributed by atoms with E-state index >= 15 is 0 Å². The van der Waals surface area contributed by atoms with Crippen molar-refractivity contribution in [3.63, 3.8) is 0 Å². The Hall–Kier alpha value is -1.81. The minimum absolute atomic E-state index is 0.0840. The molecule has 2 atom stereocenters. The highest BCUT2D eigenvalue weighted by Gasteiger charge is 2.22. The van der Waals surface area contributed by atoms with Crippen molar-refractivity contribution in [1.82, 2.24) is 15.2 Å². The first-order valence-corrected chi connectivity index (χ1v) is 11.2. The van der Waals surface area contributed by atoms with Gasteiger partial charge in [0.25, 0.3) is 5.91 Å². The number of carbonyl (C=O) groups excluding carboxylic acids is 2. The number of rotatable bonds is 8. The lowest BCUT2D eigenvalue weighted by atomic mass is 10.2. The van der Waals surface area contributed by atoms with Crippen LogP contribution in [0.3, 0.4) is 0 Å². The number of ether oxygens (including phenoxy) is 1. The van der Waals surface area contributed by atoms with Crippen molar-refractivity contribution in [2.75, 3.05) is 25.0 Å². The van der Waals surface area contributed by atoms with Crippen LogP contribution < -0.4 is 10.6 Å². The molecule has 7 nitrogen and oxygen atoms in total. The zero-order valence-electron chi connectivity index (χ0n) is 16.1. The number of thiazole rings is 1. The number of amides is 2. The van der Waals surface area contributed by atoms with Crippen molar-refractivity contribution < 1.29 is 14.3 Å². The summed E-state index contributed by atoms with van der Waals surface area (Å²) < 4.78 is 5.75. The number of hydrogen-bond donors (Lipinski definition) is 2. The van der Waals surface area contributed by atoms with Crippen molar-refractivity contribution in [3.8, 4) is 0 Å². The molecule has 2 N–H and O–H groups in total. The van der Waals surface area contributed by atoms with Crippen LogP contribution in [0.1, 0.15) is 42.7 Å². The van der Waals surface area contributed by atoms with Crippen LogP contribution in [0.25, 0.3) is 0 Å². The second-order valence-electron chi connectivity index (χ2n) is 7.02. The van der Waals surface area contributed by atoms with E-state index in [0.717, 1.165) is 25.3 Å². The topological polar surface area (TPSA) is 83.6 Å².